The Morgan fingerprint density at radius 3 is 2.14 bits per heavy atom. The highest BCUT2D eigenvalue weighted by Crippen LogP contribution is 2.05. The van der Waals surface area contributed by atoms with Crippen LogP contribution in [-0.2, 0) is 9.63 Å². The van der Waals surface area contributed by atoms with E-state index in [0.717, 1.165) is 6.42 Å². The summed E-state index contributed by atoms with van der Waals surface area (Å²) in [5.74, 6) is -0.300. The van der Waals surface area contributed by atoms with Crippen molar-refractivity contribution < 1.29 is 9.63 Å². The molecule has 0 aromatic rings. The van der Waals surface area contributed by atoms with E-state index < -0.39 is 0 Å². The Bertz CT molecular complexity index is 179. The summed E-state index contributed by atoms with van der Waals surface area (Å²) in [6, 6.07) is 0. The van der Waals surface area contributed by atoms with Crippen LogP contribution in [-0.4, -0.2) is 24.1 Å². The lowest BCUT2D eigenvalue weighted by atomic mass is 10.2. The van der Waals surface area contributed by atoms with Gasteiger partial charge in [0, 0.05) is 18.7 Å². The first kappa shape index (κ1) is 15.9. The molecular formula is C10H20ClNO2. The van der Waals surface area contributed by atoms with E-state index in [2.05, 4.69) is 6.58 Å². The summed E-state index contributed by atoms with van der Waals surface area (Å²) in [6.07, 6.45) is 1.63. The van der Waals surface area contributed by atoms with Gasteiger partial charge in [0.25, 0.3) is 0 Å². The van der Waals surface area contributed by atoms with Crippen LogP contribution in [0, 0.1) is 0 Å². The summed E-state index contributed by atoms with van der Waals surface area (Å²) in [7, 11) is 0. The fourth-order valence-electron chi connectivity index (χ4n) is 0.938. The molecule has 0 bridgehead atoms. The van der Waals surface area contributed by atoms with E-state index in [-0.39, 0.29) is 18.4 Å². The van der Waals surface area contributed by atoms with E-state index >= 15 is 0 Å². The summed E-state index contributed by atoms with van der Waals surface area (Å²) in [5, 5.41) is 1.61. The van der Waals surface area contributed by atoms with Crippen molar-refractivity contribution >= 4 is 18.4 Å². The number of hydrogen-bond donors (Lipinski definition) is 0. The zero-order valence-electron chi connectivity index (χ0n) is 9.21. The molecule has 0 heterocycles. The maximum absolute atomic E-state index is 11.3. The smallest absolute Gasteiger partial charge is 0.352 e. The van der Waals surface area contributed by atoms with Crippen molar-refractivity contribution in [2.75, 3.05) is 13.1 Å². The minimum atomic E-state index is -0.300. The van der Waals surface area contributed by atoms with E-state index in [4.69, 9.17) is 4.84 Å². The van der Waals surface area contributed by atoms with Gasteiger partial charge >= 0.3 is 5.97 Å². The van der Waals surface area contributed by atoms with E-state index in [1.165, 1.54) is 0 Å². The first-order valence-electron chi connectivity index (χ1n) is 4.80. The quantitative estimate of drug-likeness (QED) is 0.510. The van der Waals surface area contributed by atoms with Crippen LogP contribution in [0.2, 0.25) is 0 Å². The fourth-order valence-corrected chi connectivity index (χ4v) is 0.938. The third-order valence-corrected chi connectivity index (χ3v) is 1.76. The Morgan fingerprint density at radius 1 is 1.29 bits per heavy atom. The van der Waals surface area contributed by atoms with Crippen LogP contribution < -0.4 is 0 Å². The van der Waals surface area contributed by atoms with Gasteiger partial charge in [-0.2, -0.15) is 0 Å². The number of hydrogen-bond acceptors (Lipinski definition) is 3. The molecule has 0 fully saturated rings. The first-order chi connectivity index (χ1) is 6.15. The second-order valence-corrected chi connectivity index (χ2v) is 2.85. The molecule has 0 saturated heterocycles. The van der Waals surface area contributed by atoms with Gasteiger partial charge in [-0.25, -0.2) is 4.79 Å². The maximum atomic E-state index is 11.3. The third-order valence-electron chi connectivity index (χ3n) is 1.76. The Morgan fingerprint density at radius 2 is 1.79 bits per heavy atom. The minimum absolute atomic E-state index is 0. The molecule has 84 valence electrons. The van der Waals surface area contributed by atoms with Crippen LogP contribution >= 0.6 is 12.4 Å². The zero-order chi connectivity index (χ0) is 10.3. The second kappa shape index (κ2) is 9.03. The lowest BCUT2D eigenvalue weighted by molar-refractivity contribution is -0.183. The molecule has 0 N–H and O–H groups in total. The number of halogens is 1. The molecule has 0 unspecified atom stereocenters. The van der Waals surface area contributed by atoms with Gasteiger partial charge in [0.05, 0.1) is 0 Å². The number of carbonyl (C=O) groups is 1. The summed E-state index contributed by atoms with van der Waals surface area (Å²) in [5.41, 5.74) is 0.550. The summed E-state index contributed by atoms with van der Waals surface area (Å²) in [6.45, 7) is 11.0. The molecule has 0 aromatic heterocycles. The van der Waals surface area contributed by atoms with Crippen molar-refractivity contribution in [3.8, 4) is 0 Å². The molecule has 0 atom stereocenters. The van der Waals surface area contributed by atoms with Crippen LogP contribution in [0.4, 0.5) is 0 Å². The third kappa shape index (κ3) is 6.00. The van der Waals surface area contributed by atoms with E-state index in [0.29, 0.717) is 25.1 Å². The lowest BCUT2D eigenvalue weighted by Crippen LogP contribution is -2.27. The molecule has 0 aliphatic rings. The Balaban J connectivity index is 0. The van der Waals surface area contributed by atoms with Gasteiger partial charge in [0.15, 0.2) is 0 Å². The average Bonchev–Trinajstić information content (AvgIpc) is 2.14. The molecule has 4 heteroatoms. The minimum Gasteiger partial charge on any atom is -0.364 e. The second-order valence-electron chi connectivity index (χ2n) is 2.85. The molecule has 14 heavy (non-hydrogen) atoms. The van der Waals surface area contributed by atoms with E-state index in [1.54, 1.807) is 5.06 Å². The standard InChI is InChI=1S/C10H19NO2.ClH/c1-5-8-9(4)10(12)13-11(6-2)7-3;/h4-8H2,1-3H3;1H. The van der Waals surface area contributed by atoms with Gasteiger partial charge in [0.2, 0.25) is 0 Å². The van der Waals surface area contributed by atoms with Crippen molar-refractivity contribution in [1.29, 1.82) is 0 Å². The van der Waals surface area contributed by atoms with Crippen LogP contribution in [0.3, 0.4) is 0 Å². The van der Waals surface area contributed by atoms with Crippen LogP contribution in [0.15, 0.2) is 12.2 Å². The molecule has 0 rings (SSSR count). The largest absolute Gasteiger partial charge is 0.364 e. The Hall–Kier alpha value is -0.540. The maximum Gasteiger partial charge on any atom is 0.352 e. The molecule has 3 nitrogen and oxygen atoms in total. The van der Waals surface area contributed by atoms with Gasteiger partial charge in [-0.05, 0) is 20.3 Å². The average molecular weight is 222 g/mol. The topological polar surface area (TPSA) is 29.5 Å². The molecule has 0 amide bonds. The van der Waals surface area contributed by atoms with E-state index in [9.17, 15) is 4.79 Å². The normalized spacial score (nSPS) is 9.43. The summed E-state index contributed by atoms with van der Waals surface area (Å²) < 4.78 is 0. The van der Waals surface area contributed by atoms with Gasteiger partial charge in [-0.3, -0.25) is 0 Å². The predicted molar refractivity (Wildman–Crippen MR) is 60.3 cm³/mol. The van der Waals surface area contributed by atoms with Gasteiger partial charge in [-0.1, -0.05) is 19.9 Å². The highest BCUT2D eigenvalue weighted by Gasteiger charge is 2.11. The molecule has 0 spiro atoms. The monoisotopic (exact) mass is 221 g/mol. The molecule has 0 radical (unpaired) electrons. The van der Waals surface area contributed by atoms with Crippen molar-refractivity contribution in [3.05, 3.63) is 12.2 Å². The SMILES string of the molecule is C=C(CCC)C(=O)ON(CC)CC.Cl. The number of hydroxylamine groups is 2. The fraction of sp³-hybridized carbons (Fsp3) is 0.700. The van der Waals surface area contributed by atoms with Gasteiger partial charge < -0.3 is 4.84 Å². The molecule has 0 saturated carbocycles. The number of carbonyl (C=O) groups excluding carboxylic acids is 1. The lowest BCUT2D eigenvalue weighted by Gasteiger charge is -2.17. The molecule has 0 aliphatic carbocycles. The Labute approximate surface area is 92.5 Å². The molecule has 0 aromatic carbocycles. The summed E-state index contributed by atoms with van der Waals surface area (Å²) >= 11 is 0. The highest BCUT2D eigenvalue weighted by molar-refractivity contribution is 5.87. The number of nitrogens with zero attached hydrogens (tertiary/aromatic N) is 1. The highest BCUT2D eigenvalue weighted by atomic mass is 35.5. The van der Waals surface area contributed by atoms with Crippen LogP contribution in [0.25, 0.3) is 0 Å². The van der Waals surface area contributed by atoms with Gasteiger partial charge in [-0.15, -0.1) is 17.5 Å². The van der Waals surface area contributed by atoms with Crippen molar-refractivity contribution in [1.82, 2.24) is 5.06 Å². The molecular weight excluding hydrogens is 202 g/mol. The van der Waals surface area contributed by atoms with Gasteiger partial charge in [0.1, 0.15) is 0 Å². The Kier molecular flexibility index (Phi) is 10.3. The van der Waals surface area contributed by atoms with Crippen LogP contribution in [0.5, 0.6) is 0 Å². The van der Waals surface area contributed by atoms with Crippen LogP contribution in [0.1, 0.15) is 33.6 Å². The van der Waals surface area contributed by atoms with Crippen molar-refractivity contribution in [2.45, 2.75) is 33.6 Å². The summed E-state index contributed by atoms with van der Waals surface area (Å²) in [4.78, 5) is 16.4. The van der Waals surface area contributed by atoms with E-state index in [1.807, 2.05) is 20.8 Å². The number of rotatable bonds is 6. The van der Waals surface area contributed by atoms with Crippen molar-refractivity contribution in [2.24, 2.45) is 0 Å². The van der Waals surface area contributed by atoms with Crippen molar-refractivity contribution in [3.63, 3.8) is 0 Å². The first-order valence-corrected chi connectivity index (χ1v) is 4.80. The zero-order valence-corrected chi connectivity index (χ0v) is 10.0. The molecule has 0 aliphatic heterocycles. The predicted octanol–water partition coefficient (Wildman–Crippen LogP) is 2.56.